The highest BCUT2D eigenvalue weighted by Crippen LogP contribution is 2.31. The van der Waals surface area contributed by atoms with Gasteiger partial charge in [0.1, 0.15) is 5.41 Å². The summed E-state index contributed by atoms with van der Waals surface area (Å²) < 4.78 is 5.18. The number of carbonyl (C=O) groups is 2. The van der Waals surface area contributed by atoms with Crippen LogP contribution in [0.25, 0.3) is 0 Å². The second kappa shape index (κ2) is 5.94. The van der Waals surface area contributed by atoms with Crippen LogP contribution in [0.3, 0.4) is 0 Å². The molecule has 2 N–H and O–H groups in total. The molecule has 1 heterocycles. The highest BCUT2D eigenvalue weighted by Gasteiger charge is 2.40. The quantitative estimate of drug-likeness (QED) is 0.885. The maximum absolute atomic E-state index is 12.4. The van der Waals surface area contributed by atoms with Crippen molar-refractivity contribution < 1.29 is 19.4 Å². The molecule has 0 aromatic heterocycles. The van der Waals surface area contributed by atoms with Crippen molar-refractivity contribution in [3.05, 3.63) is 29.3 Å². The molecule has 1 aromatic rings. The zero-order valence-electron chi connectivity index (χ0n) is 11.7. The predicted octanol–water partition coefficient (Wildman–Crippen LogP) is 1.95. The lowest BCUT2D eigenvalue weighted by Crippen LogP contribution is -2.39. The molecule has 1 amide bonds. The highest BCUT2D eigenvalue weighted by atomic mass is 16.5. The van der Waals surface area contributed by atoms with Crippen LogP contribution in [-0.2, 0) is 9.53 Å². The number of amides is 1. The Morgan fingerprint density at radius 3 is 2.62 bits per heavy atom. The van der Waals surface area contributed by atoms with Crippen molar-refractivity contribution in [2.75, 3.05) is 18.5 Å². The fourth-order valence-corrected chi connectivity index (χ4v) is 2.29. The Hall–Kier alpha value is -2.39. The van der Waals surface area contributed by atoms with Crippen LogP contribution in [0.2, 0.25) is 0 Å². The van der Waals surface area contributed by atoms with E-state index in [2.05, 4.69) is 11.4 Å². The van der Waals surface area contributed by atoms with E-state index in [9.17, 15) is 14.9 Å². The molecule has 1 fully saturated rings. The number of carboxylic acids is 1. The number of benzene rings is 1. The number of hydrogen-bond donors (Lipinski definition) is 2. The van der Waals surface area contributed by atoms with E-state index in [-0.39, 0.29) is 5.56 Å². The van der Waals surface area contributed by atoms with Gasteiger partial charge >= 0.3 is 5.97 Å². The van der Waals surface area contributed by atoms with Gasteiger partial charge in [-0.2, -0.15) is 5.26 Å². The summed E-state index contributed by atoms with van der Waals surface area (Å²) in [5.41, 5.74) is 0.0171. The van der Waals surface area contributed by atoms with Gasteiger partial charge in [0.2, 0.25) is 5.91 Å². The molecule has 21 heavy (non-hydrogen) atoms. The van der Waals surface area contributed by atoms with Gasteiger partial charge in [-0.05, 0) is 37.5 Å². The lowest BCUT2D eigenvalue weighted by Gasteiger charge is -2.29. The summed E-state index contributed by atoms with van der Waals surface area (Å²) in [6.45, 7) is 2.43. The Bertz CT molecular complexity index is 613. The number of hydrogen-bond acceptors (Lipinski definition) is 4. The Morgan fingerprint density at radius 2 is 2.05 bits per heavy atom. The Morgan fingerprint density at radius 1 is 1.38 bits per heavy atom. The smallest absolute Gasteiger partial charge is 0.336 e. The average molecular weight is 288 g/mol. The number of nitrogens with one attached hydrogen (secondary N) is 1. The van der Waals surface area contributed by atoms with E-state index in [1.165, 1.54) is 6.07 Å². The maximum atomic E-state index is 12.4. The molecule has 1 aliphatic rings. The molecular formula is C15H16N2O4. The monoisotopic (exact) mass is 288 g/mol. The van der Waals surface area contributed by atoms with Gasteiger partial charge in [0.25, 0.3) is 0 Å². The summed E-state index contributed by atoms with van der Waals surface area (Å²) in [5.74, 6) is -1.46. The molecular weight excluding hydrogens is 272 g/mol. The molecule has 0 atom stereocenters. The number of carboxylic acid groups (broad SMARTS) is 1. The molecule has 0 radical (unpaired) electrons. The van der Waals surface area contributed by atoms with Crippen molar-refractivity contribution in [1.29, 1.82) is 5.26 Å². The topological polar surface area (TPSA) is 99.4 Å². The van der Waals surface area contributed by atoms with E-state index >= 15 is 0 Å². The predicted molar refractivity (Wildman–Crippen MR) is 74.9 cm³/mol. The van der Waals surface area contributed by atoms with Crippen LogP contribution in [0, 0.1) is 23.7 Å². The van der Waals surface area contributed by atoms with Crippen LogP contribution in [0.15, 0.2) is 18.2 Å². The lowest BCUT2D eigenvalue weighted by molar-refractivity contribution is -0.126. The van der Waals surface area contributed by atoms with E-state index in [1.54, 1.807) is 19.1 Å². The molecule has 0 bridgehead atoms. The summed E-state index contributed by atoms with van der Waals surface area (Å²) >= 11 is 0. The second-order valence-electron chi connectivity index (χ2n) is 5.10. The minimum Gasteiger partial charge on any atom is -0.478 e. The lowest BCUT2D eigenvalue weighted by atomic mass is 9.81. The van der Waals surface area contributed by atoms with Gasteiger partial charge in [0.15, 0.2) is 0 Å². The van der Waals surface area contributed by atoms with Gasteiger partial charge in [-0.1, -0.05) is 6.07 Å². The van der Waals surface area contributed by atoms with E-state index in [1.807, 2.05) is 0 Å². The van der Waals surface area contributed by atoms with Crippen molar-refractivity contribution >= 4 is 17.6 Å². The summed E-state index contributed by atoms with van der Waals surface area (Å²) in [6.07, 6.45) is 0.681. The van der Waals surface area contributed by atoms with Gasteiger partial charge in [0.05, 0.1) is 11.6 Å². The van der Waals surface area contributed by atoms with Crippen molar-refractivity contribution in [1.82, 2.24) is 0 Å². The molecule has 6 nitrogen and oxygen atoms in total. The van der Waals surface area contributed by atoms with Crippen LogP contribution < -0.4 is 5.32 Å². The molecule has 0 saturated carbocycles. The number of ether oxygens (including phenoxy) is 1. The van der Waals surface area contributed by atoms with Crippen LogP contribution >= 0.6 is 0 Å². The number of aryl methyl sites for hydroxylation is 1. The third-order valence-corrected chi connectivity index (χ3v) is 3.72. The third-order valence-electron chi connectivity index (χ3n) is 3.72. The Balaban J connectivity index is 2.21. The van der Waals surface area contributed by atoms with Crippen molar-refractivity contribution in [2.45, 2.75) is 19.8 Å². The molecule has 110 valence electrons. The van der Waals surface area contributed by atoms with Crippen molar-refractivity contribution in [3.63, 3.8) is 0 Å². The fraction of sp³-hybridized carbons (Fsp3) is 0.400. The number of rotatable bonds is 3. The SMILES string of the molecule is Cc1ccc(NC(=O)C2(C#N)CCOCC2)cc1C(=O)O. The molecule has 0 aliphatic carbocycles. The number of nitrogens with zero attached hydrogens (tertiary/aromatic N) is 1. The first kappa shape index (κ1) is 15.0. The van der Waals surface area contributed by atoms with Crippen LogP contribution in [0.1, 0.15) is 28.8 Å². The van der Waals surface area contributed by atoms with E-state index in [4.69, 9.17) is 9.84 Å². The Labute approximate surface area is 122 Å². The van der Waals surface area contributed by atoms with E-state index in [0.717, 1.165) is 0 Å². The fourth-order valence-electron chi connectivity index (χ4n) is 2.29. The minimum absolute atomic E-state index is 0.130. The first-order valence-electron chi connectivity index (χ1n) is 6.63. The number of carbonyl (C=O) groups excluding carboxylic acids is 1. The van der Waals surface area contributed by atoms with Gasteiger partial charge in [-0.3, -0.25) is 4.79 Å². The van der Waals surface area contributed by atoms with E-state index < -0.39 is 17.3 Å². The average Bonchev–Trinajstić information content (AvgIpc) is 2.49. The van der Waals surface area contributed by atoms with Gasteiger partial charge in [0, 0.05) is 18.9 Å². The largest absolute Gasteiger partial charge is 0.478 e. The zero-order valence-corrected chi connectivity index (χ0v) is 11.7. The summed E-state index contributed by atoms with van der Waals surface area (Å²) in [4.78, 5) is 23.4. The summed E-state index contributed by atoms with van der Waals surface area (Å²) in [5, 5.41) is 21.1. The highest BCUT2D eigenvalue weighted by molar-refractivity contribution is 5.98. The first-order chi connectivity index (χ1) is 9.98. The second-order valence-corrected chi connectivity index (χ2v) is 5.10. The van der Waals surface area contributed by atoms with Gasteiger partial charge in [-0.15, -0.1) is 0 Å². The van der Waals surface area contributed by atoms with E-state index in [0.29, 0.717) is 37.3 Å². The first-order valence-corrected chi connectivity index (χ1v) is 6.63. The van der Waals surface area contributed by atoms with Gasteiger partial charge in [-0.25, -0.2) is 4.79 Å². The molecule has 1 saturated heterocycles. The molecule has 0 unspecified atom stereocenters. The minimum atomic E-state index is -1.10. The standard InChI is InChI=1S/C15H16N2O4/c1-10-2-3-11(8-12(10)13(18)19)17-14(20)15(9-16)4-6-21-7-5-15/h2-3,8H,4-7H2,1H3,(H,17,20)(H,18,19). The number of nitriles is 1. The molecule has 2 rings (SSSR count). The van der Waals surface area contributed by atoms with Crippen molar-refractivity contribution in [3.8, 4) is 6.07 Å². The molecule has 1 aliphatic heterocycles. The normalized spacial score (nSPS) is 16.8. The van der Waals surface area contributed by atoms with Gasteiger partial charge < -0.3 is 15.2 Å². The molecule has 0 spiro atoms. The third kappa shape index (κ3) is 3.03. The molecule has 1 aromatic carbocycles. The van der Waals surface area contributed by atoms with Crippen LogP contribution in [0.5, 0.6) is 0 Å². The molecule has 6 heteroatoms. The summed E-state index contributed by atoms with van der Waals surface area (Å²) in [6, 6.07) is 6.74. The van der Waals surface area contributed by atoms with Crippen LogP contribution in [-0.4, -0.2) is 30.2 Å². The Kier molecular flexibility index (Phi) is 4.24. The number of anilines is 1. The summed E-state index contributed by atoms with van der Waals surface area (Å²) in [7, 11) is 0. The maximum Gasteiger partial charge on any atom is 0.336 e. The zero-order chi connectivity index (χ0) is 15.5. The van der Waals surface area contributed by atoms with Crippen LogP contribution in [0.4, 0.5) is 5.69 Å². The van der Waals surface area contributed by atoms with Crippen molar-refractivity contribution in [2.24, 2.45) is 5.41 Å². The number of aromatic carboxylic acids is 1.